The van der Waals surface area contributed by atoms with Gasteiger partial charge >= 0.3 is 21.2 Å². The first-order valence-electron chi connectivity index (χ1n) is 9.24. The van der Waals surface area contributed by atoms with Crippen molar-refractivity contribution in [3.63, 3.8) is 0 Å². The number of phenolic OH excluding ortho intramolecular Hbond substituents is 1. The highest BCUT2D eigenvalue weighted by Crippen LogP contribution is 2.60. The minimum absolute atomic E-state index is 0.291. The number of aromatic hydroxyl groups is 1. The molecular formula is C22H24IO+. The van der Waals surface area contributed by atoms with Crippen molar-refractivity contribution in [2.45, 2.75) is 43.9 Å². The minimum atomic E-state index is -0.291. The second-order valence-corrected chi connectivity index (χ2v) is 11.2. The summed E-state index contributed by atoms with van der Waals surface area (Å²) in [5.41, 5.74) is 2.10. The van der Waals surface area contributed by atoms with Crippen LogP contribution in [0.5, 0.6) is 5.75 Å². The molecule has 4 aliphatic rings. The summed E-state index contributed by atoms with van der Waals surface area (Å²) in [6.07, 6.45) is 8.84. The van der Waals surface area contributed by atoms with Gasteiger partial charge in [-0.15, -0.1) is 0 Å². The number of hydrogen-bond acceptors (Lipinski definition) is 1. The van der Waals surface area contributed by atoms with Gasteiger partial charge in [-0.25, -0.2) is 0 Å². The number of rotatable bonds is 3. The zero-order chi connectivity index (χ0) is 16.1. The Kier molecular flexibility index (Phi) is 3.66. The normalized spacial score (nSPS) is 33.8. The number of para-hydroxylation sites is 1. The molecule has 2 heteroatoms. The van der Waals surface area contributed by atoms with Gasteiger partial charge in [0.25, 0.3) is 0 Å². The van der Waals surface area contributed by atoms with Crippen molar-refractivity contribution in [1.29, 1.82) is 0 Å². The highest BCUT2D eigenvalue weighted by Gasteiger charge is 2.51. The second kappa shape index (κ2) is 5.76. The fourth-order valence-electron chi connectivity index (χ4n) is 5.98. The van der Waals surface area contributed by atoms with E-state index in [2.05, 4.69) is 30.3 Å². The number of benzene rings is 2. The summed E-state index contributed by atoms with van der Waals surface area (Å²) in [7, 11) is 0. The van der Waals surface area contributed by atoms with Crippen LogP contribution in [-0.4, -0.2) is 5.11 Å². The standard InChI is InChI=1S/C22H23IO/c24-21-4-2-1-3-20(21)23-19-7-5-18(6-8-19)22-12-15-9-16(13-22)11-17(10-15)14-22/h1-8,15-17H,9-14H2/p+1. The molecular weight excluding hydrogens is 407 g/mol. The summed E-state index contributed by atoms with van der Waals surface area (Å²) in [5, 5.41) is 10.0. The quantitative estimate of drug-likeness (QED) is 0.738. The Morgan fingerprint density at radius 2 is 1.38 bits per heavy atom. The van der Waals surface area contributed by atoms with Gasteiger partial charge in [-0.1, -0.05) is 24.3 Å². The molecule has 124 valence electrons. The van der Waals surface area contributed by atoms with Crippen LogP contribution in [0, 0.1) is 24.9 Å². The number of hydrogen-bond donors (Lipinski definition) is 1. The van der Waals surface area contributed by atoms with Crippen molar-refractivity contribution in [2.24, 2.45) is 17.8 Å². The van der Waals surface area contributed by atoms with Crippen molar-refractivity contribution >= 4 is 0 Å². The molecule has 0 saturated heterocycles. The maximum Gasteiger partial charge on any atom is 0.362 e. The molecule has 6 rings (SSSR count). The van der Waals surface area contributed by atoms with E-state index < -0.39 is 0 Å². The molecule has 0 aliphatic heterocycles. The van der Waals surface area contributed by atoms with Gasteiger partial charge in [-0.05, 0) is 91.5 Å². The largest absolute Gasteiger partial charge is 0.504 e. The second-order valence-electron chi connectivity index (χ2n) is 8.25. The Hall–Kier alpha value is -1.03. The molecule has 4 bridgehead atoms. The molecule has 24 heavy (non-hydrogen) atoms. The van der Waals surface area contributed by atoms with Crippen molar-refractivity contribution in [3.8, 4) is 5.75 Å². The Labute approximate surface area is 154 Å². The molecule has 2 aromatic rings. The van der Waals surface area contributed by atoms with Crippen LogP contribution in [0.25, 0.3) is 0 Å². The molecule has 4 saturated carbocycles. The van der Waals surface area contributed by atoms with Crippen molar-refractivity contribution in [2.75, 3.05) is 0 Å². The van der Waals surface area contributed by atoms with E-state index in [-0.39, 0.29) is 21.2 Å². The first-order chi connectivity index (χ1) is 11.7. The average molecular weight is 431 g/mol. The smallest absolute Gasteiger partial charge is 0.362 e. The Bertz CT molecular complexity index is 714. The van der Waals surface area contributed by atoms with Crippen LogP contribution in [-0.2, 0) is 5.41 Å². The molecule has 1 N–H and O–H groups in total. The maximum atomic E-state index is 10.0. The lowest BCUT2D eigenvalue weighted by atomic mass is 9.48. The predicted octanol–water partition coefficient (Wildman–Crippen LogP) is 1.99. The minimum Gasteiger partial charge on any atom is -0.504 e. The highest BCUT2D eigenvalue weighted by atomic mass is 127. The Morgan fingerprint density at radius 1 is 0.792 bits per heavy atom. The van der Waals surface area contributed by atoms with Gasteiger partial charge in [0.05, 0.1) is 0 Å². The molecule has 0 unspecified atom stereocenters. The van der Waals surface area contributed by atoms with Crippen LogP contribution in [0.1, 0.15) is 44.1 Å². The lowest BCUT2D eigenvalue weighted by Crippen LogP contribution is -3.61. The molecule has 0 atom stereocenters. The van der Waals surface area contributed by atoms with E-state index in [9.17, 15) is 5.11 Å². The molecule has 2 aromatic carbocycles. The molecule has 0 radical (unpaired) electrons. The van der Waals surface area contributed by atoms with Gasteiger partial charge in [0, 0.05) is 0 Å². The predicted molar refractivity (Wildman–Crippen MR) is 91.8 cm³/mol. The van der Waals surface area contributed by atoms with Gasteiger partial charge in [-0.3, -0.25) is 0 Å². The summed E-state index contributed by atoms with van der Waals surface area (Å²) in [5.74, 6) is 3.47. The average Bonchev–Trinajstić information content (AvgIpc) is 2.56. The van der Waals surface area contributed by atoms with Crippen LogP contribution in [0.4, 0.5) is 0 Å². The zero-order valence-corrected chi connectivity index (χ0v) is 16.1. The third-order valence-electron chi connectivity index (χ3n) is 6.56. The van der Waals surface area contributed by atoms with Crippen molar-refractivity contribution < 1.29 is 26.3 Å². The van der Waals surface area contributed by atoms with Crippen LogP contribution in [0.3, 0.4) is 0 Å². The SMILES string of the molecule is Oc1ccccc1[I+]c1ccc(C23CC4CC(CC(C4)C2)C3)cc1. The topological polar surface area (TPSA) is 20.2 Å². The van der Waals surface area contributed by atoms with E-state index >= 15 is 0 Å². The van der Waals surface area contributed by atoms with Crippen LogP contribution < -0.4 is 21.2 Å². The zero-order valence-electron chi connectivity index (χ0n) is 13.9. The lowest BCUT2D eigenvalue weighted by molar-refractivity contribution is -0.598. The third-order valence-corrected chi connectivity index (χ3v) is 9.39. The third kappa shape index (κ3) is 2.58. The first kappa shape index (κ1) is 15.2. The van der Waals surface area contributed by atoms with E-state index in [1.54, 1.807) is 11.6 Å². The maximum absolute atomic E-state index is 10.0. The van der Waals surface area contributed by atoms with Crippen LogP contribution in [0.2, 0.25) is 0 Å². The van der Waals surface area contributed by atoms with E-state index in [0.717, 1.165) is 21.3 Å². The van der Waals surface area contributed by atoms with Gasteiger partial charge in [0.1, 0.15) is 0 Å². The van der Waals surface area contributed by atoms with E-state index in [4.69, 9.17) is 0 Å². The van der Waals surface area contributed by atoms with Gasteiger partial charge < -0.3 is 5.11 Å². The molecule has 1 nitrogen and oxygen atoms in total. The summed E-state index contributed by atoms with van der Waals surface area (Å²) in [6, 6.07) is 17.3. The van der Waals surface area contributed by atoms with E-state index in [0.29, 0.717) is 11.2 Å². The number of phenols is 1. The monoisotopic (exact) mass is 431 g/mol. The fraction of sp³-hybridized carbons (Fsp3) is 0.455. The molecule has 0 amide bonds. The fourth-order valence-corrected chi connectivity index (χ4v) is 8.21. The van der Waals surface area contributed by atoms with Crippen molar-refractivity contribution in [3.05, 3.63) is 61.2 Å². The lowest BCUT2D eigenvalue weighted by Gasteiger charge is -2.57. The van der Waals surface area contributed by atoms with E-state index in [1.165, 1.54) is 42.1 Å². The molecule has 4 fully saturated rings. The van der Waals surface area contributed by atoms with Gasteiger partial charge in [-0.2, -0.15) is 0 Å². The molecule has 0 spiro atoms. The molecule has 0 heterocycles. The Balaban J connectivity index is 1.40. The van der Waals surface area contributed by atoms with Gasteiger partial charge in [0.2, 0.25) is 3.57 Å². The summed E-state index contributed by atoms with van der Waals surface area (Å²) >= 11 is -0.291. The Morgan fingerprint density at radius 3 is 1.96 bits per heavy atom. The summed E-state index contributed by atoms with van der Waals surface area (Å²) in [4.78, 5) is 0. The van der Waals surface area contributed by atoms with Crippen molar-refractivity contribution in [1.82, 2.24) is 0 Å². The summed E-state index contributed by atoms with van der Waals surface area (Å²) < 4.78 is 2.53. The van der Waals surface area contributed by atoms with E-state index in [1.807, 2.05) is 12.1 Å². The van der Waals surface area contributed by atoms with Gasteiger partial charge in [0.15, 0.2) is 9.32 Å². The summed E-state index contributed by atoms with van der Waals surface area (Å²) in [6.45, 7) is 0. The van der Waals surface area contributed by atoms with Crippen LogP contribution in [0.15, 0.2) is 48.5 Å². The molecule has 4 aliphatic carbocycles. The van der Waals surface area contributed by atoms with Crippen LogP contribution >= 0.6 is 0 Å². The first-order valence-corrected chi connectivity index (χ1v) is 11.4. The molecule has 0 aromatic heterocycles. The number of halogens is 1. The highest BCUT2D eigenvalue weighted by molar-refractivity contribution is 5.29.